The first kappa shape index (κ1) is 21.9. The van der Waals surface area contributed by atoms with E-state index in [-0.39, 0.29) is 36.0 Å². The van der Waals surface area contributed by atoms with Crippen LogP contribution in [0.25, 0.3) is 22.4 Å². The second-order valence-electron chi connectivity index (χ2n) is 9.11. The van der Waals surface area contributed by atoms with Crippen molar-refractivity contribution in [3.05, 3.63) is 59.2 Å². The second kappa shape index (κ2) is 8.26. The number of ether oxygens (including phenoxy) is 1. The van der Waals surface area contributed by atoms with E-state index in [1.165, 1.54) is 0 Å². The van der Waals surface area contributed by atoms with Gasteiger partial charge in [-0.05, 0) is 32.3 Å². The maximum atomic E-state index is 13.2. The summed E-state index contributed by atoms with van der Waals surface area (Å²) < 4.78 is 36.6. The molecule has 4 aromatic rings. The van der Waals surface area contributed by atoms with Gasteiger partial charge in [0.15, 0.2) is 22.1 Å². The zero-order valence-electron chi connectivity index (χ0n) is 19.0. The van der Waals surface area contributed by atoms with E-state index in [0.717, 1.165) is 24.1 Å². The summed E-state index contributed by atoms with van der Waals surface area (Å²) in [6.07, 6.45) is 2.49. The number of benzene rings is 1. The monoisotopic (exact) mass is 493 g/mol. The lowest BCUT2D eigenvalue weighted by Gasteiger charge is -2.11. The molecule has 1 atom stereocenters. The smallest absolute Gasteiger partial charge is 0.339 e. The van der Waals surface area contributed by atoms with Crippen LogP contribution in [0.15, 0.2) is 40.9 Å². The van der Waals surface area contributed by atoms with Crippen molar-refractivity contribution in [3.63, 3.8) is 0 Å². The first-order chi connectivity index (χ1) is 16.9. The van der Waals surface area contributed by atoms with E-state index in [9.17, 15) is 13.2 Å². The molecule has 1 aliphatic carbocycles. The molecule has 0 spiro atoms. The Kier molecular flexibility index (Phi) is 5.17. The van der Waals surface area contributed by atoms with Gasteiger partial charge in [-0.25, -0.2) is 22.9 Å². The first-order valence-electron chi connectivity index (χ1n) is 11.5. The van der Waals surface area contributed by atoms with Crippen LogP contribution in [0, 0.1) is 6.92 Å². The van der Waals surface area contributed by atoms with E-state index in [1.54, 1.807) is 17.7 Å². The van der Waals surface area contributed by atoms with Gasteiger partial charge >= 0.3 is 5.97 Å². The van der Waals surface area contributed by atoms with Crippen molar-refractivity contribution in [2.24, 2.45) is 0 Å². The number of esters is 1. The Morgan fingerprint density at radius 1 is 1.17 bits per heavy atom. The molecule has 180 valence electrons. The lowest BCUT2D eigenvalue weighted by Crippen LogP contribution is -2.14. The molecule has 2 fully saturated rings. The molecular formula is C24H23N5O5S. The number of nitrogens with zero attached hydrogens (tertiary/aromatic N) is 5. The van der Waals surface area contributed by atoms with Crippen LogP contribution in [0.3, 0.4) is 0 Å². The number of fused-ring (bicyclic) bond motifs is 1. The first-order valence-corrected chi connectivity index (χ1v) is 13.4. The van der Waals surface area contributed by atoms with E-state index in [0.29, 0.717) is 34.5 Å². The van der Waals surface area contributed by atoms with Crippen molar-refractivity contribution in [1.29, 1.82) is 0 Å². The molecule has 11 heteroatoms. The fraction of sp³-hybridized carbons (Fsp3) is 0.375. The van der Waals surface area contributed by atoms with E-state index in [4.69, 9.17) is 14.2 Å². The molecule has 4 heterocycles. The summed E-state index contributed by atoms with van der Waals surface area (Å²) in [4.78, 5) is 22.3. The number of aromatic nitrogens is 5. The van der Waals surface area contributed by atoms with Gasteiger partial charge in [0, 0.05) is 17.2 Å². The van der Waals surface area contributed by atoms with E-state index >= 15 is 0 Å². The molecule has 10 nitrogen and oxygen atoms in total. The van der Waals surface area contributed by atoms with Crippen LogP contribution < -0.4 is 0 Å². The van der Waals surface area contributed by atoms with E-state index in [2.05, 4.69) is 15.2 Å². The van der Waals surface area contributed by atoms with Crippen molar-refractivity contribution >= 4 is 26.8 Å². The van der Waals surface area contributed by atoms with Crippen LogP contribution >= 0.6 is 0 Å². The molecule has 0 radical (unpaired) electrons. The third-order valence-electron chi connectivity index (χ3n) is 6.45. The number of rotatable bonds is 6. The Hall–Kier alpha value is -3.60. The van der Waals surface area contributed by atoms with E-state index < -0.39 is 15.8 Å². The Morgan fingerprint density at radius 3 is 2.69 bits per heavy atom. The van der Waals surface area contributed by atoms with Crippen LogP contribution in [-0.4, -0.2) is 50.8 Å². The van der Waals surface area contributed by atoms with Gasteiger partial charge in [-0.3, -0.25) is 0 Å². The molecule has 2 aliphatic rings. The molecule has 1 unspecified atom stereocenters. The summed E-state index contributed by atoms with van der Waals surface area (Å²) in [5.41, 5.74) is 3.11. The number of pyridine rings is 1. The van der Waals surface area contributed by atoms with Gasteiger partial charge in [0.05, 0.1) is 34.2 Å². The number of carbonyl (C=O) groups excluding carboxylic acids is 1. The zero-order valence-corrected chi connectivity index (χ0v) is 19.9. The molecule has 6 rings (SSSR count). The number of aryl methyl sites for hydroxylation is 1. The van der Waals surface area contributed by atoms with Gasteiger partial charge in [-0.1, -0.05) is 35.5 Å². The van der Waals surface area contributed by atoms with Crippen molar-refractivity contribution < 1.29 is 22.5 Å². The maximum Gasteiger partial charge on any atom is 0.339 e. The third-order valence-corrected chi connectivity index (χ3v) is 8.20. The van der Waals surface area contributed by atoms with Crippen LogP contribution in [0.2, 0.25) is 0 Å². The average Bonchev–Trinajstić information content (AvgIpc) is 3.35. The lowest BCUT2D eigenvalue weighted by atomic mass is 10.1. The largest absolute Gasteiger partial charge is 0.452 e. The zero-order chi connectivity index (χ0) is 24.2. The number of hydrogen-bond acceptors (Lipinski definition) is 9. The Balaban J connectivity index is 1.30. The lowest BCUT2D eigenvalue weighted by molar-refractivity contribution is 0.0432. The molecule has 1 saturated carbocycles. The molecule has 35 heavy (non-hydrogen) atoms. The number of hydrogen-bond donors (Lipinski definition) is 0. The highest BCUT2D eigenvalue weighted by atomic mass is 32.2. The molecule has 0 bridgehead atoms. The predicted octanol–water partition coefficient (Wildman–Crippen LogP) is 3.38. The summed E-state index contributed by atoms with van der Waals surface area (Å²) in [6.45, 7) is 1.62. The SMILES string of the molecule is Cc1nn(C2CCS(=O)(=O)C2)c2nc(C3CC3)cc(C(=O)OCc3nc(-c4ccccc4)no3)c12. The maximum absolute atomic E-state index is 13.2. The Labute approximate surface area is 201 Å². The van der Waals surface area contributed by atoms with Crippen LogP contribution in [0.5, 0.6) is 0 Å². The van der Waals surface area contributed by atoms with Gasteiger partial charge in [-0.2, -0.15) is 10.1 Å². The second-order valence-corrected chi connectivity index (χ2v) is 11.3. The summed E-state index contributed by atoms with van der Waals surface area (Å²) in [5.74, 6) is 0.506. The quantitative estimate of drug-likeness (QED) is 0.371. The summed E-state index contributed by atoms with van der Waals surface area (Å²) in [7, 11) is -3.10. The normalized spacial score (nSPS) is 19.3. The standard InChI is InChI=1S/C24H23N5O5S/c1-14-21-18(24(30)33-12-20-26-22(28-34-20)16-5-3-2-4-6-16)11-19(15-7-8-15)25-23(21)29(27-14)17-9-10-35(31,32)13-17/h2-6,11,15,17H,7-10,12-13H2,1H3. The van der Waals surface area contributed by atoms with Crippen molar-refractivity contribution in [1.82, 2.24) is 24.9 Å². The molecule has 1 saturated heterocycles. The number of sulfone groups is 1. The van der Waals surface area contributed by atoms with Crippen LogP contribution in [0.4, 0.5) is 0 Å². The Morgan fingerprint density at radius 2 is 1.97 bits per heavy atom. The highest BCUT2D eigenvalue weighted by Crippen LogP contribution is 2.41. The minimum atomic E-state index is -3.10. The van der Waals surface area contributed by atoms with Gasteiger partial charge in [-0.15, -0.1) is 0 Å². The fourth-order valence-corrected chi connectivity index (χ4v) is 6.22. The van der Waals surface area contributed by atoms with Crippen LogP contribution in [0.1, 0.15) is 58.9 Å². The fourth-order valence-electron chi connectivity index (χ4n) is 4.53. The highest BCUT2D eigenvalue weighted by molar-refractivity contribution is 7.91. The predicted molar refractivity (Wildman–Crippen MR) is 125 cm³/mol. The average molecular weight is 494 g/mol. The molecule has 0 amide bonds. The third kappa shape index (κ3) is 4.20. The minimum absolute atomic E-state index is 0.0270. The van der Waals surface area contributed by atoms with Gasteiger partial charge in [0.25, 0.3) is 5.89 Å². The summed E-state index contributed by atoms with van der Waals surface area (Å²) in [6, 6.07) is 10.9. The summed E-state index contributed by atoms with van der Waals surface area (Å²) in [5, 5.41) is 9.14. The molecule has 1 aliphatic heterocycles. The van der Waals surface area contributed by atoms with Gasteiger partial charge < -0.3 is 9.26 Å². The van der Waals surface area contributed by atoms with Crippen molar-refractivity contribution in [2.75, 3.05) is 11.5 Å². The van der Waals surface area contributed by atoms with E-state index in [1.807, 2.05) is 30.3 Å². The molecule has 1 aromatic carbocycles. The Bertz CT molecular complexity index is 1540. The highest BCUT2D eigenvalue weighted by Gasteiger charge is 2.34. The van der Waals surface area contributed by atoms with Crippen molar-refractivity contribution in [2.45, 2.75) is 44.8 Å². The molecular weight excluding hydrogens is 470 g/mol. The topological polar surface area (TPSA) is 130 Å². The van der Waals surface area contributed by atoms with Crippen LogP contribution in [-0.2, 0) is 21.2 Å². The van der Waals surface area contributed by atoms with Crippen molar-refractivity contribution in [3.8, 4) is 11.4 Å². The summed E-state index contributed by atoms with van der Waals surface area (Å²) >= 11 is 0. The van der Waals surface area contributed by atoms with Gasteiger partial charge in [0.1, 0.15) is 0 Å². The molecule has 3 aromatic heterocycles. The molecule has 0 N–H and O–H groups in total. The number of carbonyl (C=O) groups is 1. The van der Waals surface area contributed by atoms with Gasteiger partial charge in [0.2, 0.25) is 5.82 Å². The minimum Gasteiger partial charge on any atom is -0.452 e.